The molecule has 3 nitrogen and oxygen atoms in total. The van der Waals surface area contributed by atoms with Gasteiger partial charge in [-0.3, -0.25) is 14.9 Å². The van der Waals surface area contributed by atoms with E-state index in [-0.39, 0.29) is 23.1 Å². The Kier molecular flexibility index (Phi) is 2.92. The summed E-state index contributed by atoms with van der Waals surface area (Å²) in [6.45, 7) is 2.10. The summed E-state index contributed by atoms with van der Waals surface area (Å²) in [5.74, 6) is -0.196. The average molecular weight is 257 g/mol. The summed E-state index contributed by atoms with van der Waals surface area (Å²) in [4.78, 5) is 24.0. The molecule has 1 spiro atoms. The maximum atomic E-state index is 12.2. The number of hydrogen-bond acceptors (Lipinski definition) is 2. The van der Waals surface area contributed by atoms with Crippen LogP contribution in [0.1, 0.15) is 37.3 Å². The van der Waals surface area contributed by atoms with Crippen LogP contribution in [0.3, 0.4) is 0 Å². The van der Waals surface area contributed by atoms with Gasteiger partial charge in [-0.15, -0.1) is 0 Å². The first-order valence-electron chi connectivity index (χ1n) is 7.05. The van der Waals surface area contributed by atoms with Gasteiger partial charge in [0, 0.05) is 12.3 Å². The van der Waals surface area contributed by atoms with Gasteiger partial charge in [0.05, 0.1) is 0 Å². The summed E-state index contributed by atoms with van der Waals surface area (Å²) in [5.41, 5.74) is 2.45. The summed E-state index contributed by atoms with van der Waals surface area (Å²) < 4.78 is 0. The number of carbonyl (C=O) groups is 2. The second-order valence-electron chi connectivity index (χ2n) is 5.92. The van der Waals surface area contributed by atoms with Crippen LogP contribution in [0.2, 0.25) is 0 Å². The highest BCUT2D eigenvalue weighted by Gasteiger charge is 2.50. The zero-order chi connectivity index (χ0) is 13.5. The van der Waals surface area contributed by atoms with Crippen LogP contribution < -0.4 is 5.32 Å². The molecule has 1 unspecified atom stereocenters. The number of hydrogen-bond donors (Lipinski definition) is 1. The summed E-state index contributed by atoms with van der Waals surface area (Å²) in [6.07, 6.45) is 4.07. The lowest BCUT2D eigenvalue weighted by atomic mass is 9.66. The number of benzene rings is 1. The van der Waals surface area contributed by atoms with Crippen LogP contribution in [0.15, 0.2) is 24.3 Å². The summed E-state index contributed by atoms with van der Waals surface area (Å²) in [5, 5.41) is 2.51. The average Bonchev–Trinajstić information content (AvgIpc) is 2.72. The molecule has 1 aromatic carbocycles. The number of nitrogens with one attached hydrogen (secondary N) is 1. The molecule has 1 aliphatic carbocycles. The van der Waals surface area contributed by atoms with Crippen LogP contribution in [0.5, 0.6) is 0 Å². The van der Waals surface area contributed by atoms with Crippen molar-refractivity contribution in [3.63, 3.8) is 0 Å². The van der Waals surface area contributed by atoms with Crippen molar-refractivity contribution in [3.8, 4) is 0 Å². The molecule has 2 aliphatic rings. The van der Waals surface area contributed by atoms with E-state index >= 15 is 0 Å². The van der Waals surface area contributed by atoms with Crippen molar-refractivity contribution >= 4 is 11.8 Å². The minimum absolute atomic E-state index is 0.0254. The Morgan fingerprint density at radius 1 is 1.16 bits per heavy atom. The third-order valence-corrected chi connectivity index (χ3v) is 4.61. The van der Waals surface area contributed by atoms with Gasteiger partial charge in [0.15, 0.2) is 0 Å². The lowest BCUT2D eigenvalue weighted by Crippen LogP contribution is -2.52. The molecule has 1 atom stereocenters. The largest absolute Gasteiger partial charge is 0.296 e. The molecular formula is C16H19NO2. The van der Waals surface area contributed by atoms with Crippen molar-refractivity contribution in [2.24, 2.45) is 11.3 Å². The van der Waals surface area contributed by atoms with E-state index in [9.17, 15) is 9.59 Å². The predicted molar refractivity (Wildman–Crippen MR) is 72.4 cm³/mol. The van der Waals surface area contributed by atoms with Crippen LogP contribution in [0.25, 0.3) is 0 Å². The van der Waals surface area contributed by atoms with Crippen molar-refractivity contribution in [2.45, 2.75) is 39.0 Å². The van der Waals surface area contributed by atoms with Gasteiger partial charge < -0.3 is 0 Å². The fraction of sp³-hybridized carbons (Fsp3) is 0.500. The van der Waals surface area contributed by atoms with Crippen molar-refractivity contribution in [1.29, 1.82) is 0 Å². The lowest BCUT2D eigenvalue weighted by molar-refractivity contribution is -0.143. The first-order chi connectivity index (χ1) is 9.14. The second kappa shape index (κ2) is 4.48. The molecule has 3 rings (SSSR count). The number of carbonyl (C=O) groups excluding carboxylic acids is 2. The van der Waals surface area contributed by atoms with Gasteiger partial charge in [0.1, 0.15) is 0 Å². The molecule has 3 heteroatoms. The topological polar surface area (TPSA) is 46.2 Å². The molecule has 19 heavy (non-hydrogen) atoms. The summed E-state index contributed by atoms with van der Waals surface area (Å²) in [6, 6.07) is 8.34. The molecule has 0 aromatic heterocycles. The monoisotopic (exact) mass is 257 g/mol. The number of amides is 2. The molecule has 0 bridgehead atoms. The normalized spacial score (nSPS) is 24.4. The number of fused-ring (bicyclic) bond motifs is 1. The van der Waals surface area contributed by atoms with Crippen LogP contribution >= 0.6 is 0 Å². The fourth-order valence-electron chi connectivity index (χ4n) is 3.81. The van der Waals surface area contributed by atoms with E-state index in [0.717, 1.165) is 25.7 Å². The van der Waals surface area contributed by atoms with Crippen molar-refractivity contribution in [1.82, 2.24) is 5.32 Å². The minimum atomic E-state index is -0.168. The molecule has 1 saturated heterocycles. The van der Waals surface area contributed by atoms with E-state index in [1.165, 1.54) is 11.1 Å². The van der Waals surface area contributed by atoms with Crippen LogP contribution in [-0.4, -0.2) is 11.8 Å². The first-order valence-corrected chi connectivity index (χ1v) is 7.05. The Morgan fingerprint density at radius 3 is 2.37 bits per heavy atom. The van der Waals surface area contributed by atoms with Crippen LogP contribution in [0.4, 0.5) is 0 Å². The van der Waals surface area contributed by atoms with Crippen molar-refractivity contribution in [3.05, 3.63) is 35.4 Å². The Labute approximate surface area is 113 Å². The van der Waals surface area contributed by atoms with Gasteiger partial charge in [0.25, 0.3) is 0 Å². The molecule has 1 aliphatic heterocycles. The van der Waals surface area contributed by atoms with Crippen molar-refractivity contribution in [2.75, 3.05) is 0 Å². The maximum Gasteiger partial charge on any atom is 0.230 e. The maximum absolute atomic E-state index is 12.2. The second-order valence-corrected chi connectivity index (χ2v) is 5.92. The number of rotatable bonds is 2. The molecule has 0 radical (unpaired) electrons. The van der Waals surface area contributed by atoms with E-state index in [1.54, 1.807) is 0 Å². The molecule has 0 saturated carbocycles. The van der Waals surface area contributed by atoms with Crippen LogP contribution in [0, 0.1) is 11.3 Å². The van der Waals surface area contributed by atoms with E-state index in [2.05, 4.69) is 24.4 Å². The zero-order valence-corrected chi connectivity index (χ0v) is 11.2. The molecule has 1 N–H and O–H groups in total. The van der Waals surface area contributed by atoms with Gasteiger partial charge in [-0.05, 0) is 35.8 Å². The molecular weight excluding hydrogens is 238 g/mol. The highest BCUT2D eigenvalue weighted by Crippen LogP contribution is 2.48. The van der Waals surface area contributed by atoms with E-state index < -0.39 is 0 Å². The van der Waals surface area contributed by atoms with E-state index in [0.29, 0.717) is 6.42 Å². The summed E-state index contributed by atoms with van der Waals surface area (Å²) >= 11 is 0. The van der Waals surface area contributed by atoms with Crippen molar-refractivity contribution < 1.29 is 9.59 Å². The van der Waals surface area contributed by atoms with E-state index in [1.807, 2.05) is 12.1 Å². The Balaban J connectivity index is 1.97. The quantitative estimate of drug-likeness (QED) is 0.826. The highest BCUT2D eigenvalue weighted by molar-refractivity contribution is 6.00. The van der Waals surface area contributed by atoms with Gasteiger partial charge in [-0.25, -0.2) is 0 Å². The molecule has 1 aromatic rings. The van der Waals surface area contributed by atoms with Gasteiger partial charge >= 0.3 is 0 Å². The number of piperidine rings is 1. The predicted octanol–water partition coefficient (Wildman–Crippen LogP) is 2.23. The van der Waals surface area contributed by atoms with Crippen LogP contribution in [-0.2, 0) is 22.4 Å². The van der Waals surface area contributed by atoms with Gasteiger partial charge in [-0.2, -0.15) is 0 Å². The highest BCUT2D eigenvalue weighted by atomic mass is 16.2. The molecule has 100 valence electrons. The Morgan fingerprint density at radius 2 is 1.79 bits per heavy atom. The fourth-order valence-corrected chi connectivity index (χ4v) is 3.81. The number of imide groups is 1. The minimum Gasteiger partial charge on any atom is -0.296 e. The Hall–Kier alpha value is -1.64. The summed E-state index contributed by atoms with van der Waals surface area (Å²) in [7, 11) is 0. The molecule has 1 heterocycles. The smallest absolute Gasteiger partial charge is 0.230 e. The third kappa shape index (κ3) is 1.97. The standard InChI is InChI=1S/C16H19NO2/c1-2-5-13-15(19)17-14(18)10-16(13)8-11-6-3-4-7-12(11)9-16/h3-4,6-7,13H,2,5,8-10H2,1H3,(H,17,18,19). The SMILES string of the molecule is CCCC1C(=O)NC(=O)CC12Cc1ccccc1C2. The van der Waals surface area contributed by atoms with Gasteiger partial charge in [0.2, 0.25) is 11.8 Å². The molecule has 2 amide bonds. The first kappa shape index (κ1) is 12.4. The van der Waals surface area contributed by atoms with E-state index in [4.69, 9.17) is 0 Å². The zero-order valence-electron chi connectivity index (χ0n) is 11.2. The lowest BCUT2D eigenvalue weighted by Gasteiger charge is -2.39. The molecule has 1 fully saturated rings. The Bertz CT molecular complexity index is 510. The third-order valence-electron chi connectivity index (χ3n) is 4.61. The van der Waals surface area contributed by atoms with Gasteiger partial charge in [-0.1, -0.05) is 37.6 Å².